The lowest BCUT2D eigenvalue weighted by atomic mass is 9.85. The molecule has 0 radical (unpaired) electrons. The number of ether oxygens (including phenoxy) is 1. The van der Waals surface area contributed by atoms with E-state index in [0.717, 1.165) is 16.9 Å². The smallest absolute Gasteiger partial charge is 0.337 e. The van der Waals surface area contributed by atoms with Gasteiger partial charge in [0, 0.05) is 17.9 Å². The maximum atomic E-state index is 12.7. The molecule has 1 atom stereocenters. The van der Waals surface area contributed by atoms with E-state index in [4.69, 9.17) is 14.9 Å². The minimum atomic E-state index is -0.435. The van der Waals surface area contributed by atoms with Crippen molar-refractivity contribution in [2.45, 2.75) is 12.3 Å². The molecule has 3 aromatic rings. The Labute approximate surface area is 164 Å². The van der Waals surface area contributed by atoms with Gasteiger partial charge in [-0.05, 0) is 29.8 Å². The van der Waals surface area contributed by atoms with Crippen molar-refractivity contribution in [1.29, 1.82) is 0 Å². The fourth-order valence-corrected chi connectivity index (χ4v) is 4.45. The molecule has 0 aliphatic carbocycles. The van der Waals surface area contributed by atoms with Crippen LogP contribution in [0.1, 0.15) is 49.3 Å². The molecule has 1 aliphatic rings. The lowest BCUT2D eigenvalue weighted by Gasteiger charge is -2.24. The second kappa shape index (κ2) is 6.97. The van der Waals surface area contributed by atoms with Crippen LogP contribution in [0.15, 0.2) is 47.1 Å². The molecule has 7 nitrogen and oxygen atoms in total. The monoisotopic (exact) mass is 396 g/mol. The molecule has 3 heterocycles. The van der Waals surface area contributed by atoms with Crippen molar-refractivity contribution in [1.82, 2.24) is 0 Å². The van der Waals surface area contributed by atoms with Gasteiger partial charge in [0.2, 0.25) is 11.7 Å². The number of nitrogens with two attached hydrogens (primary N) is 1. The lowest BCUT2D eigenvalue weighted by molar-refractivity contribution is -0.116. The average molecular weight is 396 g/mol. The van der Waals surface area contributed by atoms with Crippen LogP contribution >= 0.6 is 11.3 Å². The van der Waals surface area contributed by atoms with Crippen LogP contribution in [0, 0.1) is 0 Å². The van der Waals surface area contributed by atoms with Crippen LogP contribution in [0.5, 0.6) is 0 Å². The summed E-state index contributed by atoms with van der Waals surface area (Å²) in [6, 6.07) is 10.0. The third-order valence-electron chi connectivity index (χ3n) is 4.66. The number of nitrogen functional groups attached to an aromatic ring is 1. The standard InChI is InChI=1S/C20H16N2O5S/c1-26-20(25)11-6-4-10(5-7-11)12-9-14(23)22-19-15(12)16(21)18(28-19)17(24)13-3-2-8-27-13/h2-8,12H,9,21H2,1H3,(H,22,23)/t12-/m1/s1. The Morgan fingerprint density at radius 2 is 2.00 bits per heavy atom. The highest BCUT2D eigenvalue weighted by Gasteiger charge is 2.34. The molecule has 1 aromatic carbocycles. The molecule has 0 spiro atoms. The molecular formula is C20H16N2O5S. The highest BCUT2D eigenvalue weighted by molar-refractivity contribution is 7.19. The Balaban J connectivity index is 1.75. The van der Waals surface area contributed by atoms with Crippen molar-refractivity contribution in [3.05, 3.63) is 70.0 Å². The number of fused-ring (bicyclic) bond motifs is 1. The average Bonchev–Trinajstić information content (AvgIpc) is 3.35. The van der Waals surface area contributed by atoms with E-state index in [1.54, 1.807) is 36.4 Å². The molecule has 0 fully saturated rings. The molecule has 0 saturated carbocycles. The van der Waals surface area contributed by atoms with Crippen molar-refractivity contribution in [3.8, 4) is 0 Å². The van der Waals surface area contributed by atoms with Crippen LogP contribution in [0.25, 0.3) is 0 Å². The molecule has 8 heteroatoms. The van der Waals surface area contributed by atoms with Gasteiger partial charge in [-0.25, -0.2) is 4.79 Å². The van der Waals surface area contributed by atoms with Crippen molar-refractivity contribution >= 4 is 39.7 Å². The molecule has 4 rings (SSSR count). The number of rotatable bonds is 4. The topological polar surface area (TPSA) is 112 Å². The highest BCUT2D eigenvalue weighted by atomic mass is 32.1. The van der Waals surface area contributed by atoms with E-state index in [0.29, 0.717) is 26.7 Å². The Morgan fingerprint density at radius 3 is 2.64 bits per heavy atom. The summed E-state index contributed by atoms with van der Waals surface area (Å²) in [5.41, 5.74) is 8.62. The van der Waals surface area contributed by atoms with Crippen molar-refractivity contribution in [2.75, 3.05) is 18.2 Å². The van der Waals surface area contributed by atoms with Crippen LogP contribution in [-0.4, -0.2) is 24.8 Å². The Morgan fingerprint density at radius 1 is 1.25 bits per heavy atom. The number of anilines is 2. The highest BCUT2D eigenvalue weighted by Crippen LogP contribution is 2.47. The minimum absolute atomic E-state index is 0.159. The van der Waals surface area contributed by atoms with E-state index in [9.17, 15) is 14.4 Å². The predicted molar refractivity (Wildman–Crippen MR) is 104 cm³/mol. The molecule has 1 aliphatic heterocycles. The number of thiophene rings is 1. The number of methoxy groups -OCH3 is 1. The van der Waals surface area contributed by atoms with Crippen LogP contribution in [-0.2, 0) is 9.53 Å². The first-order chi connectivity index (χ1) is 13.5. The van der Waals surface area contributed by atoms with E-state index in [1.807, 2.05) is 0 Å². The predicted octanol–water partition coefficient (Wildman–Crippen LogP) is 3.42. The van der Waals surface area contributed by atoms with Gasteiger partial charge in [0.15, 0.2) is 5.76 Å². The largest absolute Gasteiger partial charge is 0.465 e. The number of nitrogens with one attached hydrogen (secondary N) is 1. The quantitative estimate of drug-likeness (QED) is 0.516. The summed E-state index contributed by atoms with van der Waals surface area (Å²) >= 11 is 1.14. The molecule has 3 N–H and O–H groups in total. The first kappa shape index (κ1) is 18.0. The second-order valence-corrected chi connectivity index (χ2v) is 7.33. The molecule has 1 amide bonds. The van der Waals surface area contributed by atoms with Gasteiger partial charge in [0.05, 0.1) is 24.6 Å². The van der Waals surface area contributed by atoms with Gasteiger partial charge in [0.25, 0.3) is 0 Å². The van der Waals surface area contributed by atoms with E-state index in [2.05, 4.69) is 5.32 Å². The number of ketones is 1. The molecule has 0 bridgehead atoms. The maximum Gasteiger partial charge on any atom is 0.337 e. The van der Waals surface area contributed by atoms with E-state index < -0.39 is 5.97 Å². The van der Waals surface area contributed by atoms with E-state index >= 15 is 0 Å². The third kappa shape index (κ3) is 2.97. The number of esters is 1. The van der Waals surface area contributed by atoms with Crippen LogP contribution < -0.4 is 11.1 Å². The van der Waals surface area contributed by atoms with Crippen molar-refractivity contribution < 1.29 is 23.5 Å². The zero-order chi connectivity index (χ0) is 19.8. The van der Waals surface area contributed by atoms with Crippen LogP contribution in [0.3, 0.4) is 0 Å². The number of carbonyl (C=O) groups is 3. The van der Waals surface area contributed by atoms with E-state index in [1.165, 1.54) is 13.4 Å². The molecule has 0 unspecified atom stereocenters. The number of furan rings is 1. The van der Waals surface area contributed by atoms with Gasteiger partial charge in [-0.3, -0.25) is 9.59 Å². The molecule has 0 saturated heterocycles. The summed E-state index contributed by atoms with van der Waals surface area (Å²) in [5, 5.41) is 3.36. The fourth-order valence-electron chi connectivity index (χ4n) is 3.30. The minimum Gasteiger partial charge on any atom is -0.465 e. The SMILES string of the molecule is COC(=O)c1ccc([C@H]2CC(=O)Nc3sc(C(=O)c4ccco4)c(N)c32)cc1. The fraction of sp³-hybridized carbons (Fsp3) is 0.150. The number of hydrogen-bond acceptors (Lipinski definition) is 7. The van der Waals surface area contributed by atoms with Crippen LogP contribution in [0.2, 0.25) is 0 Å². The van der Waals surface area contributed by atoms with Crippen LogP contribution in [0.4, 0.5) is 10.7 Å². The summed E-state index contributed by atoms with van der Waals surface area (Å²) in [5.74, 6) is -1.04. The van der Waals surface area contributed by atoms with Gasteiger partial charge in [-0.15, -0.1) is 11.3 Å². The third-order valence-corrected chi connectivity index (χ3v) is 5.80. The van der Waals surface area contributed by atoms with Crippen molar-refractivity contribution in [3.63, 3.8) is 0 Å². The summed E-state index contributed by atoms with van der Waals surface area (Å²) < 4.78 is 9.90. The summed E-state index contributed by atoms with van der Waals surface area (Å²) in [6.07, 6.45) is 1.62. The zero-order valence-corrected chi connectivity index (χ0v) is 15.7. The molecule has 142 valence electrons. The number of benzene rings is 1. The normalized spacial score (nSPS) is 15.6. The number of amides is 1. The Bertz CT molecular complexity index is 1070. The van der Waals surface area contributed by atoms with Gasteiger partial charge in [-0.2, -0.15) is 0 Å². The summed E-state index contributed by atoms with van der Waals surface area (Å²) in [7, 11) is 1.32. The molecule has 2 aromatic heterocycles. The van der Waals surface area contributed by atoms with Gasteiger partial charge in [0.1, 0.15) is 9.88 Å². The first-order valence-corrected chi connectivity index (χ1v) is 9.29. The number of hydrogen-bond donors (Lipinski definition) is 2. The second-order valence-electron chi connectivity index (χ2n) is 6.31. The Kier molecular flexibility index (Phi) is 4.48. The zero-order valence-electron chi connectivity index (χ0n) is 14.9. The van der Waals surface area contributed by atoms with E-state index in [-0.39, 0.29) is 29.8 Å². The molecular weight excluding hydrogens is 380 g/mol. The maximum absolute atomic E-state index is 12.7. The summed E-state index contributed by atoms with van der Waals surface area (Å²) in [4.78, 5) is 36.9. The van der Waals surface area contributed by atoms with Crippen molar-refractivity contribution in [2.24, 2.45) is 0 Å². The Hall–Kier alpha value is -3.39. The van der Waals surface area contributed by atoms with Gasteiger partial charge < -0.3 is 20.2 Å². The van der Waals surface area contributed by atoms with Gasteiger partial charge in [-0.1, -0.05) is 12.1 Å². The summed E-state index contributed by atoms with van der Waals surface area (Å²) in [6.45, 7) is 0. The van der Waals surface area contributed by atoms with Gasteiger partial charge >= 0.3 is 5.97 Å². The first-order valence-electron chi connectivity index (χ1n) is 8.48. The lowest BCUT2D eigenvalue weighted by Crippen LogP contribution is -2.22. The molecule has 28 heavy (non-hydrogen) atoms. The number of carbonyl (C=O) groups excluding carboxylic acids is 3.